The maximum Gasteiger partial charge on any atom is 0.321 e. The summed E-state index contributed by atoms with van der Waals surface area (Å²) in [6.45, 7) is 5.73. The summed E-state index contributed by atoms with van der Waals surface area (Å²) in [6.07, 6.45) is 5.80. The van der Waals surface area contributed by atoms with Crippen LogP contribution in [0.1, 0.15) is 36.2 Å². The molecule has 168 valence electrons. The standard InChI is InChI=1S/C24H29N5O3/c1-17-7-8-18(2)20(14-17)26-23(30)29-12-5-9-24(16-29,10-13-31-3)22-27-21(32-28-22)19-6-4-11-25-15-19/h4,6-8,11,14-15H,5,9-10,12-13,16H2,1-3H3,(H,26,30). The van der Waals surface area contributed by atoms with Crippen molar-refractivity contribution in [2.45, 2.75) is 38.5 Å². The minimum atomic E-state index is -0.433. The average molecular weight is 436 g/mol. The molecule has 0 aliphatic carbocycles. The van der Waals surface area contributed by atoms with Crippen molar-refractivity contribution in [2.75, 3.05) is 32.1 Å². The topological polar surface area (TPSA) is 93.4 Å². The molecule has 32 heavy (non-hydrogen) atoms. The molecule has 3 heterocycles. The zero-order valence-electron chi connectivity index (χ0n) is 18.8. The Morgan fingerprint density at radius 2 is 2.19 bits per heavy atom. The van der Waals surface area contributed by atoms with Gasteiger partial charge in [0.15, 0.2) is 5.82 Å². The van der Waals surface area contributed by atoms with Gasteiger partial charge in [-0.3, -0.25) is 4.98 Å². The number of hydrogen-bond donors (Lipinski definition) is 1. The lowest BCUT2D eigenvalue weighted by Crippen LogP contribution is -2.50. The van der Waals surface area contributed by atoms with Crippen molar-refractivity contribution in [2.24, 2.45) is 0 Å². The number of benzene rings is 1. The normalized spacial score (nSPS) is 18.5. The quantitative estimate of drug-likeness (QED) is 0.619. The number of aryl methyl sites for hydroxylation is 2. The van der Waals surface area contributed by atoms with E-state index in [1.165, 1.54) is 0 Å². The van der Waals surface area contributed by atoms with Crippen LogP contribution in [0.25, 0.3) is 11.5 Å². The van der Waals surface area contributed by atoms with Gasteiger partial charge in [-0.05, 0) is 62.4 Å². The summed E-state index contributed by atoms with van der Waals surface area (Å²) >= 11 is 0. The number of urea groups is 1. The molecular weight excluding hydrogens is 406 g/mol. The lowest BCUT2D eigenvalue weighted by molar-refractivity contribution is 0.111. The van der Waals surface area contributed by atoms with E-state index >= 15 is 0 Å². The molecule has 1 saturated heterocycles. The van der Waals surface area contributed by atoms with E-state index in [1.54, 1.807) is 19.5 Å². The van der Waals surface area contributed by atoms with Crippen molar-refractivity contribution >= 4 is 11.7 Å². The number of pyridine rings is 1. The van der Waals surface area contributed by atoms with Gasteiger partial charge in [-0.15, -0.1) is 0 Å². The van der Waals surface area contributed by atoms with Gasteiger partial charge in [-0.2, -0.15) is 4.98 Å². The molecule has 1 atom stereocenters. The second-order valence-electron chi connectivity index (χ2n) is 8.46. The molecule has 1 N–H and O–H groups in total. The van der Waals surface area contributed by atoms with Gasteiger partial charge in [-0.1, -0.05) is 17.3 Å². The van der Waals surface area contributed by atoms with E-state index in [0.29, 0.717) is 37.8 Å². The van der Waals surface area contributed by atoms with E-state index in [1.807, 2.05) is 49.1 Å². The van der Waals surface area contributed by atoms with Crippen LogP contribution in [-0.2, 0) is 10.2 Å². The molecule has 1 aromatic carbocycles. The zero-order valence-corrected chi connectivity index (χ0v) is 18.8. The number of aromatic nitrogens is 3. The van der Waals surface area contributed by atoms with E-state index in [9.17, 15) is 4.79 Å². The van der Waals surface area contributed by atoms with Gasteiger partial charge in [-0.25, -0.2) is 4.79 Å². The molecule has 1 unspecified atom stereocenters. The molecule has 2 aromatic heterocycles. The van der Waals surface area contributed by atoms with Gasteiger partial charge in [0.1, 0.15) is 0 Å². The van der Waals surface area contributed by atoms with Crippen LogP contribution in [-0.4, -0.2) is 52.9 Å². The molecule has 1 aliphatic heterocycles. The first-order valence-electron chi connectivity index (χ1n) is 10.9. The average Bonchev–Trinajstić information content (AvgIpc) is 3.32. The van der Waals surface area contributed by atoms with Crippen molar-refractivity contribution in [1.29, 1.82) is 0 Å². The molecule has 1 aliphatic rings. The summed E-state index contributed by atoms with van der Waals surface area (Å²) in [5.41, 5.74) is 3.31. The van der Waals surface area contributed by atoms with E-state index < -0.39 is 5.41 Å². The lowest BCUT2D eigenvalue weighted by atomic mass is 9.76. The number of methoxy groups -OCH3 is 1. The maximum atomic E-state index is 13.2. The fourth-order valence-electron chi connectivity index (χ4n) is 4.21. The highest BCUT2D eigenvalue weighted by molar-refractivity contribution is 5.90. The molecule has 8 nitrogen and oxygen atoms in total. The highest BCUT2D eigenvalue weighted by atomic mass is 16.5. The summed E-state index contributed by atoms with van der Waals surface area (Å²) in [4.78, 5) is 23.8. The molecule has 1 fully saturated rings. The van der Waals surface area contributed by atoms with Crippen molar-refractivity contribution in [1.82, 2.24) is 20.0 Å². The Morgan fingerprint density at radius 3 is 2.97 bits per heavy atom. The zero-order chi connectivity index (χ0) is 22.6. The van der Waals surface area contributed by atoms with Crippen molar-refractivity contribution in [3.05, 3.63) is 59.7 Å². The van der Waals surface area contributed by atoms with Gasteiger partial charge in [0, 0.05) is 44.9 Å². The number of carbonyl (C=O) groups is 1. The van der Waals surface area contributed by atoms with Crippen LogP contribution in [0.2, 0.25) is 0 Å². The number of nitrogens with zero attached hydrogens (tertiary/aromatic N) is 4. The Bertz CT molecular complexity index is 1070. The summed E-state index contributed by atoms with van der Waals surface area (Å²) in [7, 11) is 1.68. The lowest BCUT2D eigenvalue weighted by Gasteiger charge is -2.40. The van der Waals surface area contributed by atoms with Gasteiger partial charge >= 0.3 is 6.03 Å². The first-order valence-corrected chi connectivity index (χ1v) is 10.9. The van der Waals surface area contributed by atoms with Crippen LogP contribution in [0.5, 0.6) is 0 Å². The van der Waals surface area contributed by atoms with Gasteiger partial charge in [0.05, 0.1) is 11.0 Å². The Balaban J connectivity index is 1.57. The van der Waals surface area contributed by atoms with Gasteiger partial charge in [0.2, 0.25) is 0 Å². The first-order chi connectivity index (χ1) is 15.5. The van der Waals surface area contributed by atoms with E-state index in [-0.39, 0.29) is 6.03 Å². The fraction of sp³-hybridized carbons (Fsp3) is 0.417. The summed E-state index contributed by atoms with van der Waals surface area (Å²) < 4.78 is 11.0. The number of likely N-dealkylation sites (tertiary alicyclic amines) is 1. The van der Waals surface area contributed by atoms with Crippen LogP contribution in [0.15, 0.2) is 47.2 Å². The van der Waals surface area contributed by atoms with E-state index in [0.717, 1.165) is 35.2 Å². The first kappa shape index (κ1) is 22.0. The largest absolute Gasteiger partial charge is 0.385 e. The summed E-state index contributed by atoms with van der Waals surface area (Å²) in [6, 6.07) is 9.66. The second-order valence-corrected chi connectivity index (χ2v) is 8.46. The molecular formula is C24H29N5O3. The molecule has 8 heteroatoms. The third kappa shape index (κ3) is 4.65. The number of hydrogen-bond acceptors (Lipinski definition) is 6. The van der Waals surface area contributed by atoms with Gasteiger partial charge < -0.3 is 19.5 Å². The minimum Gasteiger partial charge on any atom is -0.385 e. The van der Waals surface area contributed by atoms with Crippen LogP contribution in [0.4, 0.5) is 10.5 Å². The Kier molecular flexibility index (Phi) is 6.50. The molecule has 3 aromatic rings. The number of carbonyl (C=O) groups excluding carboxylic acids is 1. The smallest absolute Gasteiger partial charge is 0.321 e. The SMILES string of the molecule is COCCC1(c2noc(-c3cccnc3)n2)CCCN(C(=O)Nc2cc(C)ccc2C)C1. The second kappa shape index (κ2) is 9.48. The summed E-state index contributed by atoms with van der Waals surface area (Å²) in [5.74, 6) is 1.04. The predicted molar refractivity (Wildman–Crippen MR) is 121 cm³/mol. The Hall–Kier alpha value is -3.26. The molecule has 0 bridgehead atoms. The number of nitrogens with one attached hydrogen (secondary N) is 1. The van der Waals surface area contributed by atoms with Crippen molar-refractivity contribution in [3.8, 4) is 11.5 Å². The van der Waals surface area contributed by atoms with Crippen molar-refractivity contribution < 1.29 is 14.1 Å². The fourth-order valence-corrected chi connectivity index (χ4v) is 4.21. The van der Waals surface area contributed by atoms with Crippen LogP contribution in [0, 0.1) is 13.8 Å². The monoisotopic (exact) mass is 435 g/mol. The van der Waals surface area contributed by atoms with Crippen LogP contribution in [0.3, 0.4) is 0 Å². The summed E-state index contributed by atoms with van der Waals surface area (Å²) in [5, 5.41) is 7.40. The maximum absolute atomic E-state index is 13.2. The van der Waals surface area contributed by atoms with Crippen LogP contribution >= 0.6 is 0 Å². The number of rotatable bonds is 6. The molecule has 0 radical (unpaired) electrons. The molecule has 0 saturated carbocycles. The highest BCUT2D eigenvalue weighted by Crippen LogP contribution is 2.37. The van der Waals surface area contributed by atoms with Crippen molar-refractivity contribution in [3.63, 3.8) is 0 Å². The number of amides is 2. The van der Waals surface area contributed by atoms with E-state index in [2.05, 4.69) is 15.5 Å². The van der Waals surface area contributed by atoms with Gasteiger partial charge in [0.25, 0.3) is 5.89 Å². The number of ether oxygens (including phenoxy) is 1. The molecule has 4 rings (SSSR count). The minimum absolute atomic E-state index is 0.115. The Labute approximate surface area is 188 Å². The molecule has 2 amide bonds. The van der Waals surface area contributed by atoms with Crippen LogP contribution < -0.4 is 5.32 Å². The third-order valence-corrected chi connectivity index (χ3v) is 6.09. The molecule has 0 spiro atoms. The Morgan fingerprint density at radius 1 is 1.31 bits per heavy atom. The third-order valence-electron chi connectivity index (χ3n) is 6.09. The number of piperidine rings is 1. The van der Waals surface area contributed by atoms with E-state index in [4.69, 9.17) is 14.2 Å². The highest BCUT2D eigenvalue weighted by Gasteiger charge is 2.42. The predicted octanol–water partition coefficient (Wildman–Crippen LogP) is 4.35. The number of anilines is 1.